The smallest absolute Gasteiger partial charge is 0.165 e. The molecule has 0 spiro atoms. The van der Waals surface area contributed by atoms with E-state index in [1.54, 1.807) is 15.4 Å². The van der Waals surface area contributed by atoms with Crippen LogP contribution >= 0.6 is 15.9 Å². The molecule has 1 fully saturated rings. The number of fused-ring (bicyclic) bond motifs is 1. The van der Waals surface area contributed by atoms with Crippen molar-refractivity contribution >= 4 is 27.4 Å². The Labute approximate surface area is 166 Å². The third-order valence-corrected chi connectivity index (χ3v) is 6.01. The van der Waals surface area contributed by atoms with E-state index in [1.807, 2.05) is 19.4 Å². The maximum atomic E-state index is 6.41. The van der Waals surface area contributed by atoms with Gasteiger partial charge in [0.15, 0.2) is 5.65 Å². The fourth-order valence-corrected chi connectivity index (χ4v) is 4.22. The molecule has 1 atom stereocenters. The normalized spacial score (nSPS) is 19.1. The molecule has 0 bridgehead atoms. The molecule has 4 heterocycles. The quantitative estimate of drug-likeness (QED) is 0.656. The maximum absolute atomic E-state index is 6.41. The molecule has 9 heteroatoms. The van der Waals surface area contributed by atoms with Crippen molar-refractivity contribution in [1.29, 1.82) is 0 Å². The monoisotopic (exact) mass is 432 g/mol. The largest absolute Gasteiger partial charge is 0.383 e. The fraction of sp³-hybridized carbons (Fsp3) is 0.500. The fourth-order valence-electron chi connectivity index (χ4n) is 3.64. The van der Waals surface area contributed by atoms with Crippen molar-refractivity contribution in [3.8, 4) is 11.1 Å². The van der Waals surface area contributed by atoms with Gasteiger partial charge in [-0.15, -0.1) is 0 Å². The van der Waals surface area contributed by atoms with Gasteiger partial charge in [-0.25, -0.2) is 4.98 Å². The highest BCUT2D eigenvalue weighted by atomic mass is 79.9. The van der Waals surface area contributed by atoms with Crippen LogP contribution in [0.25, 0.3) is 16.8 Å². The number of nitrogens with zero attached hydrogens (tertiary/aromatic N) is 6. The van der Waals surface area contributed by atoms with Gasteiger partial charge in [-0.3, -0.25) is 9.58 Å². The molecule has 27 heavy (non-hydrogen) atoms. The van der Waals surface area contributed by atoms with Crippen molar-refractivity contribution in [1.82, 2.24) is 34.6 Å². The Hall–Kier alpha value is -1.97. The second-order valence-corrected chi connectivity index (χ2v) is 8.18. The number of anilines is 1. The SMILES string of the molecule is CC(C)N1CCNCC(c2nc3c(-c4cnn(C)c4)cnn3c(N)c2Br)C1. The first-order valence-corrected chi connectivity index (χ1v) is 10.0. The summed E-state index contributed by atoms with van der Waals surface area (Å²) >= 11 is 3.68. The van der Waals surface area contributed by atoms with Gasteiger partial charge in [0.05, 0.1) is 22.6 Å². The van der Waals surface area contributed by atoms with Crippen LogP contribution in [-0.4, -0.2) is 61.5 Å². The van der Waals surface area contributed by atoms with E-state index in [0.29, 0.717) is 11.9 Å². The molecule has 0 saturated carbocycles. The lowest BCUT2D eigenvalue weighted by molar-refractivity contribution is 0.226. The summed E-state index contributed by atoms with van der Waals surface area (Å²) in [5.41, 5.74) is 10.1. The van der Waals surface area contributed by atoms with Crippen LogP contribution in [0.3, 0.4) is 0 Å². The van der Waals surface area contributed by atoms with Crippen molar-refractivity contribution in [3.05, 3.63) is 28.8 Å². The Bertz CT molecular complexity index is 960. The van der Waals surface area contributed by atoms with E-state index >= 15 is 0 Å². The first kappa shape index (κ1) is 18.4. The van der Waals surface area contributed by atoms with Gasteiger partial charge >= 0.3 is 0 Å². The van der Waals surface area contributed by atoms with E-state index in [-0.39, 0.29) is 5.92 Å². The number of aromatic nitrogens is 5. The van der Waals surface area contributed by atoms with Crippen LogP contribution in [0.2, 0.25) is 0 Å². The molecule has 1 aliphatic rings. The number of aryl methyl sites for hydroxylation is 1. The Balaban J connectivity index is 1.81. The molecule has 1 unspecified atom stereocenters. The predicted octanol–water partition coefficient (Wildman–Crippen LogP) is 1.87. The zero-order valence-electron chi connectivity index (χ0n) is 15.9. The van der Waals surface area contributed by atoms with Crippen LogP contribution in [0.4, 0.5) is 5.82 Å². The standard InChI is InChI=1S/C18H25BrN8/c1-11(2)26-5-4-21-6-13(10-26)16-15(19)17(20)27-18(24-16)14(8-23-27)12-7-22-25(3)9-12/h7-9,11,13,21H,4-6,10,20H2,1-3H3. The number of nitrogen functional groups attached to an aromatic ring is 1. The Morgan fingerprint density at radius 1 is 1.30 bits per heavy atom. The van der Waals surface area contributed by atoms with Gasteiger partial charge in [0, 0.05) is 62.5 Å². The van der Waals surface area contributed by atoms with Gasteiger partial charge in [0.25, 0.3) is 0 Å². The maximum Gasteiger partial charge on any atom is 0.165 e. The lowest BCUT2D eigenvalue weighted by Crippen LogP contribution is -2.35. The first-order chi connectivity index (χ1) is 13.0. The summed E-state index contributed by atoms with van der Waals surface area (Å²) in [7, 11) is 1.90. The molecule has 0 aromatic carbocycles. The van der Waals surface area contributed by atoms with Crippen molar-refractivity contribution < 1.29 is 0 Å². The van der Waals surface area contributed by atoms with E-state index in [0.717, 1.165) is 53.1 Å². The summed E-state index contributed by atoms with van der Waals surface area (Å²) in [6, 6.07) is 0.494. The zero-order chi connectivity index (χ0) is 19.1. The first-order valence-electron chi connectivity index (χ1n) is 9.22. The second kappa shape index (κ2) is 7.21. The third kappa shape index (κ3) is 3.35. The molecule has 8 nitrogen and oxygen atoms in total. The highest BCUT2D eigenvalue weighted by molar-refractivity contribution is 9.10. The highest BCUT2D eigenvalue weighted by Crippen LogP contribution is 2.33. The van der Waals surface area contributed by atoms with Gasteiger partial charge in [-0.2, -0.15) is 14.7 Å². The number of hydrogen-bond acceptors (Lipinski definition) is 6. The number of nitrogens with one attached hydrogen (secondary N) is 1. The minimum Gasteiger partial charge on any atom is -0.383 e. The highest BCUT2D eigenvalue weighted by Gasteiger charge is 2.26. The Kier molecular flexibility index (Phi) is 4.92. The molecule has 4 rings (SSSR count). The topological polar surface area (TPSA) is 89.3 Å². The van der Waals surface area contributed by atoms with E-state index in [2.05, 4.69) is 50.2 Å². The van der Waals surface area contributed by atoms with Crippen LogP contribution < -0.4 is 11.1 Å². The average molecular weight is 433 g/mol. The predicted molar refractivity (Wildman–Crippen MR) is 110 cm³/mol. The molecule has 1 aliphatic heterocycles. The lowest BCUT2D eigenvalue weighted by atomic mass is 10.0. The molecule has 3 aromatic heterocycles. The van der Waals surface area contributed by atoms with E-state index in [4.69, 9.17) is 10.7 Å². The van der Waals surface area contributed by atoms with Crippen LogP contribution in [0, 0.1) is 0 Å². The average Bonchev–Trinajstić information content (AvgIpc) is 3.16. The summed E-state index contributed by atoms with van der Waals surface area (Å²) in [5.74, 6) is 0.818. The molecule has 1 saturated heterocycles. The van der Waals surface area contributed by atoms with Crippen LogP contribution in [0.15, 0.2) is 23.1 Å². The molecule has 3 N–H and O–H groups in total. The van der Waals surface area contributed by atoms with Crippen molar-refractivity contribution in [2.75, 3.05) is 31.9 Å². The van der Waals surface area contributed by atoms with Gasteiger partial charge in [0.1, 0.15) is 5.82 Å². The van der Waals surface area contributed by atoms with Crippen LogP contribution in [-0.2, 0) is 7.05 Å². The molecule has 0 amide bonds. The third-order valence-electron chi connectivity index (χ3n) is 5.20. The minimum absolute atomic E-state index is 0.244. The van der Waals surface area contributed by atoms with Gasteiger partial charge in [0.2, 0.25) is 0 Å². The molecule has 0 radical (unpaired) electrons. The van der Waals surface area contributed by atoms with E-state index in [9.17, 15) is 0 Å². The van der Waals surface area contributed by atoms with Gasteiger partial charge in [-0.05, 0) is 29.8 Å². The summed E-state index contributed by atoms with van der Waals surface area (Å²) in [6.07, 6.45) is 5.59. The lowest BCUT2D eigenvalue weighted by Gasteiger charge is -2.27. The molecular formula is C18H25BrN8. The summed E-state index contributed by atoms with van der Waals surface area (Å²) in [4.78, 5) is 7.49. The number of nitrogens with two attached hydrogens (primary N) is 1. The molecular weight excluding hydrogens is 408 g/mol. The van der Waals surface area contributed by atoms with Gasteiger partial charge in [-0.1, -0.05) is 0 Å². The van der Waals surface area contributed by atoms with Crippen LogP contribution in [0.5, 0.6) is 0 Å². The second-order valence-electron chi connectivity index (χ2n) is 7.38. The minimum atomic E-state index is 0.244. The molecule has 144 valence electrons. The summed E-state index contributed by atoms with van der Waals surface area (Å²) in [5, 5.41) is 12.3. The molecule has 3 aromatic rings. The Morgan fingerprint density at radius 2 is 2.11 bits per heavy atom. The van der Waals surface area contributed by atoms with Crippen LogP contribution in [0.1, 0.15) is 25.5 Å². The van der Waals surface area contributed by atoms with Crippen molar-refractivity contribution in [2.45, 2.75) is 25.8 Å². The zero-order valence-corrected chi connectivity index (χ0v) is 17.4. The van der Waals surface area contributed by atoms with E-state index < -0.39 is 0 Å². The molecule has 0 aliphatic carbocycles. The number of rotatable bonds is 3. The van der Waals surface area contributed by atoms with Crippen molar-refractivity contribution in [2.24, 2.45) is 7.05 Å². The number of hydrogen-bond donors (Lipinski definition) is 2. The van der Waals surface area contributed by atoms with E-state index in [1.165, 1.54) is 0 Å². The number of halogens is 1. The summed E-state index contributed by atoms with van der Waals surface area (Å²) in [6.45, 7) is 8.32. The van der Waals surface area contributed by atoms with Gasteiger partial charge < -0.3 is 11.1 Å². The summed E-state index contributed by atoms with van der Waals surface area (Å²) < 4.78 is 4.30. The van der Waals surface area contributed by atoms with Crippen molar-refractivity contribution in [3.63, 3.8) is 0 Å². The Morgan fingerprint density at radius 3 is 2.81 bits per heavy atom.